The Morgan fingerprint density at radius 1 is 0.947 bits per heavy atom. The minimum Gasteiger partial charge on any atom is -0.303 e. The zero-order valence-corrected chi connectivity index (χ0v) is 13.3. The van der Waals surface area contributed by atoms with Crippen LogP contribution in [0.5, 0.6) is 0 Å². The molecule has 0 saturated heterocycles. The predicted octanol–water partition coefficient (Wildman–Crippen LogP) is 4.32. The molecule has 0 radical (unpaired) electrons. The quantitative estimate of drug-likeness (QED) is 0.685. The van der Waals surface area contributed by atoms with Gasteiger partial charge in [0, 0.05) is 5.92 Å². The third-order valence-electron chi connectivity index (χ3n) is 5.68. The summed E-state index contributed by atoms with van der Waals surface area (Å²) in [7, 11) is 0. The van der Waals surface area contributed by atoms with E-state index in [-0.39, 0.29) is 16.7 Å². The van der Waals surface area contributed by atoms with Crippen LogP contribution < -0.4 is 0 Å². The van der Waals surface area contributed by atoms with Gasteiger partial charge in [-0.2, -0.15) is 0 Å². The number of carbonyl (C=O) groups is 1. The summed E-state index contributed by atoms with van der Waals surface area (Å²) in [6.07, 6.45) is 1.17. The Balaban J connectivity index is 2.80. The van der Waals surface area contributed by atoms with Crippen LogP contribution in [0.2, 0.25) is 0 Å². The second kappa shape index (κ2) is 4.19. The van der Waals surface area contributed by atoms with Crippen molar-refractivity contribution in [3.8, 4) is 0 Å². The Morgan fingerprint density at radius 2 is 1.37 bits per heavy atom. The molecule has 0 N–H and O–H groups in total. The summed E-state index contributed by atoms with van der Waals surface area (Å²) in [4.78, 5) is 11.6. The van der Waals surface area contributed by atoms with Crippen LogP contribution in [0.3, 0.4) is 0 Å². The third-order valence-corrected chi connectivity index (χ3v) is 5.68. The molecule has 0 amide bonds. The molecule has 0 aromatic heterocycles. The van der Waals surface area contributed by atoms with Crippen LogP contribution in [0.1, 0.15) is 56.9 Å². The molecular weight excluding hydrogens is 232 g/mol. The van der Waals surface area contributed by atoms with E-state index in [1.54, 1.807) is 0 Å². The highest BCUT2D eigenvalue weighted by atomic mass is 16.1. The van der Waals surface area contributed by atoms with Crippen molar-refractivity contribution in [2.24, 2.45) is 11.8 Å². The monoisotopic (exact) mass is 258 g/mol. The molecule has 0 fully saturated rings. The highest BCUT2D eigenvalue weighted by Crippen LogP contribution is 2.52. The number of carbonyl (C=O) groups excluding carboxylic acids is 1. The van der Waals surface area contributed by atoms with Crippen molar-refractivity contribution in [1.29, 1.82) is 0 Å². The normalized spacial score (nSPS) is 27.7. The van der Waals surface area contributed by atoms with E-state index in [1.165, 1.54) is 28.5 Å². The lowest BCUT2D eigenvalue weighted by Crippen LogP contribution is -2.48. The van der Waals surface area contributed by atoms with E-state index in [2.05, 4.69) is 60.6 Å². The molecule has 1 aliphatic carbocycles. The minimum atomic E-state index is -0.0789. The smallest absolute Gasteiger partial charge is 0.124 e. The first-order chi connectivity index (χ1) is 8.64. The maximum atomic E-state index is 11.6. The molecule has 1 aromatic carbocycles. The molecule has 0 saturated carbocycles. The summed E-state index contributed by atoms with van der Waals surface area (Å²) in [5, 5.41) is 0. The number of benzene rings is 1. The number of rotatable bonds is 1. The number of hydrogen-bond acceptors (Lipinski definition) is 1. The van der Waals surface area contributed by atoms with Gasteiger partial charge < -0.3 is 4.79 Å². The molecule has 104 valence electrons. The number of hydrogen-bond donors (Lipinski definition) is 0. The Morgan fingerprint density at radius 3 is 1.79 bits per heavy atom. The zero-order chi connectivity index (χ0) is 14.6. The lowest BCUT2D eigenvalue weighted by atomic mass is 9.53. The van der Waals surface area contributed by atoms with E-state index in [0.29, 0.717) is 5.92 Å². The van der Waals surface area contributed by atoms with Crippen LogP contribution in [0.4, 0.5) is 0 Å². The van der Waals surface area contributed by atoms with Crippen molar-refractivity contribution in [2.45, 2.75) is 59.3 Å². The van der Waals surface area contributed by atoms with Gasteiger partial charge >= 0.3 is 0 Å². The fourth-order valence-electron chi connectivity index (χ4n) is 3.67. The maximum Gasteiger partial charge on any atom is 0.124 e. The summed E-state index contributed by atoms with van der Waals surface area (Å²) >= 11 is 0. The molecule has 1 nitrogen and oxygen atoms in total. The standard InChI is InChI=1S/C18H26O/c1-11-8-14-15(9-12(11)2)18(6,7)16(10-19)13(3)17(14,4)5/h8-10,13,16H,1-7H3/t13-,16+/m0/s1. The zero-order valence-electron chi connectivity index (χ0n) is 13.3. The summed E-state index contributed by atoms with van der Waals surface area (Å²) < 4.78 is 0. The number of aldehydes is 1. The van der Waals surface area contributed by atoms with E-state index >= 15 is 0 Å². The molecule has 0 aliphatic heterocycles. The van der Waals surface area contributed by atoms with Crippen molar-refractivity contribution < 1.29 is 4.79 Å². The molecular formula is C18H26O. The van der Waals surface area contributed by atoms with Crippen LogP contribution in [0, 0.1) is 25.7 Å². The fourth-order valence-corrected chi connectivity index (χ4v) is 3.67. The summed E-state index contributed by atoms with van der Waals surface area (Å²) in [5.41, 5.74) is 5.42. The van der Waals surface area contributed by atoms with Gasteiger partial charge in [-0.05, 0) is 52.8 Å². The lowest BCUT2D eigenvalue weighted by Gasteiger charge is -2.50. The second-order valence-electron chi connectivity index (χ2n) is 7.38. The van der Waals surface area contributed by atoms with Gasteiger partial charge in [0.1, 0.15) is 6.29 Å². The van der Waals surface area contributed by atoms with Gasteiger partial charge in [0.05, 0.1) is 0 Å². The van der Waals surface area contributed by atoms with Crippen LogP contribution in [0.25, 0.3) is 0 Å². The first-order valence-electron chi connectivity index (χ1n) is 7.21. The van der Waals surface area contributed by atoms with Crippen LogP contribution in [-0.2, 0) is 15.6 Å². The predicted molar refractivity (Wildman–Crippen MR) is 80.7 cm³/mol. The number of fused-ring (bicyclic) bond motifs is 1. The molecule has 0 bridgehead atoms. The Labute approximate surface area is 117 Å². The molecule has 2 rings (SSSR count). The van der Waals surface area contributed by atoms with E-state index in [0.717, 1.165) is 0 Å². The van der Waals surface area contributed by atoms with Crippen molar-refractivity contribution in [2.75, 3.05) is 0 Å². The van der Waals surface area contributed by atoms with Gasteiger partial charge in [-0.25, -0.2) is 0 Å². The van der Waals surface area contributed by atoms with E-state index < -0.39 is 0 Å². The molecule has 1 heteroatoms. The lowest BCUT2D eigenvalue weighted by molar-refractivity contribution is -0.116. The Kier molecular flexibility index (Phi) is 3.16. The SMILES string of the molecule is Cc1cc2c(cc1C)C(C)(C)[C@@H](C)[C@@H](C=O)C2(C)C. The fraction of sp³-hybridized carbons (Fsp3) is 0.611. The van der Waals surface area contributed by atoms with Gasteiger partial charge in [0.2, 0.25) is 0 Å². The van der Waals surface area contributed by atoms with E-state index in [1.807, 2.05) is 0 Å². The minimum absolute atomic E-state index is 0.0505. The summed E-state index contributed by atoms with van der Waals surface area (Å²) in [6.45, 7) is 15.5. The Hall–Kier alpha value is -1.11. The number of aryl methyl sites for hydroxylation is 2. The van der Waals surface area contributed by atoms with Crippen LogP contribution in [0.15, 0.2) is 12.1 Å². The molecule has 0 spiro atoms. The van der Waals surface area contributed by atoms with Crippen molar-refractivity contribution in [3.63, 3.8) is 0 Å². The molecule has 1 aliphatic rings. The van der Waals surface area contributed by atoms with Crippen molar-refractivity contribution in [3.05, 3.63) is 34.4 Å². The topological polar surface area (TPSA) is 17.1 Å². The highest BCUT2D eigenvalue weighted by Gasteiger charge is 2.49. The summed E-state index contributed by atoms with van der Waals surface area (Å²) in [6, 6.07) is 4.64. The second-order valence-corrected chi connectivity index (χ2v) is 7.38. The molecule has 0 heterocycles. The van der Waals surface area contributed by atoms with Gasteiger partial charge in [-0.1, -0.05) is 46.8 Å². The Bertz CT molecular complexity index is 523. The van der Waals surface area contributed by atoms with E-state index in [9.17, 15) is 4.79 Å². The average molecular weight is 258 g/mol. The van der Waals surface area contributed by atoms with Crippen LogP contribution in [-0.4, -0.2) is 6.29 Å². The first-order valence-corrected chi connectivity index (χ1v) is 7.21. The van der Waals surface area contributed by atoms with Gasteiger partial charge in [0.15, 0.2) is 0 Å². The summed E-state index contributed by atoms with van der Waals surface area (Å²) in [5.74, 6) is 0.437. The molecule has 0 unspecified atom stereocenters. The molecule has 19 heavy (non-hydrogen) atoms. The molecule has 2 atom stereocenters. The largest absolute Gasteiger partial charge is 0.303 e. The highest BCUT2D eigenvalue weighted by molar-refractivity contribution is 5.62. The van der Waals surface area contributed by atoms with Crippen LogP contribution >= 0.6 is 0 Å². The van der Waals surface area contributed by atoms with Crippen molar-refractivity contribution in [1.82, 2.24) is 0 Å². The van der Waals surface area contributed by atoms with Crippen molar-refractivity contribution >= 4 is 6.29 Å². The van der Waals surface area contributed by atoms with E-state index in [4.69, 9.17) is 0 Å². The third kappa shape index (κ3) is 1.86. The van der Waals surface area contributed by atoms with Gasteiger partial charge in [-0.3, -0.25) is 0 Å². The molecule has 1 aromatic rings. The van der Waals surface area contributed by atoms with Gasteiger partial charge in [-0.15, -0.1) is 0 Å². The van der Waals surface area contributed by atoms with Gasteiger partial charge in [0.25, 0.3) is 0 Å². The average Bonchev–Trinajstić information content (AvgIpc) is 2.30. The maximum absolute atomic E-state index is 11.6. The first kappa shape index (κ1) is 14.3.